The van der Waals surface area contributed by atoms with Gasteiger partial charge in [-0.05, 0) is 33.6 Å². The monoisotopic (exact) mass is 342 g/mol. The Morgan fingerprint density at radius 2 is 1.92 bits per heavy atom. The topological polar surface area (TPSA) is 115 Å². The first-order chi connectivity index (χ1) is 11.1. The number of primary amides is 1. The van der Waals surface area contributed by atoms with Crippen molar-refractivity contribution in [3.8, 4) is 0 Å². The van der Waals surface area contributed by atoms with Gasteiger partial charge in [0.05, 0.1) is 6.04 Å². The fourth-order valence-corrected chi connectivity index (χ4v) is 3.35. The van der Waals surface area contributed by atoms with E-state index in [1.165, 1.54) is 14.2 Å². The number of methoxy groups -OCH3 is 2. The highest BCUT2D eigenvalue weighted by Crippen LogP contribution is 2.41. The van der Waals surface area contributed by atoms with E-state index in [4.69, 9.17) is 19.9 Å². The second-order valence-corrected chi connectivity index (χ2v) is 6.97. The average Bonchev–Trinajstić information content (AvgIpc) is 2.80. The Kier molecular flexibility index (Phi) is 5.05. The fraction of sp³-hybridized carbons (Fsp3) is 0.800. The van der Waals surface area contributed by atoms with Gasteiger partial charge in [-0.15, -0.1) is 0 Å². The Labute approximate surface area is 141 Å². The van der Waals surface area contributed by atoms with Crippen molar-refractivity contribution in [3.05, 3.63) is 0 Å². The molecule has 2 aliphatic rings. The largest absolute Gasteiger partial charge is 0.444 e. The number of rotatable bonds is 3. The third kappa shape index (κ3) is 3.46. The molecule has 3 amide bonds. The molecular weight excluding hydrogens is 316 g/mol. The maximum atomic E-state index is 12.6. The van der Waals surface area contributed by atoms with Gasteiger partial charge in [0.25, 0.3) is 0 Å². The summed E-state index contributed by atoms with van der Waals surface area (Å²) in [7, 11) is 3.01. The molecule has 2 aliphatic heterocycles. The van der Waals surface area contributed by atoms with Gasteiger partial charge in [0.2, 0.25) is 5.79 Å². The number of nitrogens with zero attached hydrogens (tertiary/aromatic N) is 2. The molecule has 24 heavy (non-hydrogen) atoms. The van der Waals surface area contributed by atoms with Crippen molar-refractivity contribution in [1.82, 2.24) is 10.3 Å². The number of fused-ring (bicyclic) bond motifs is 2. The van der Waals surface area contributed by atoms with Gasteiger partial charge in [-0.2, -0.15) is 5.10 Å². The number of ether oxygens (including phenoxy) is 3. The number of nitrogens with two attached hydrogens (primary N) is 1. The van der Waals surface area contributed by atoms with Crippen molar-refractivity contribution in [2.24, 2.45) is 10.8 Å². The van der Waals surface area contributed by atoms with Crippen LogP contribution in [0.1, 0.15) is 40.0 Å². The third-order valence-corrected chi connectivity index (χ3v) is 4.26. The molecule has 0 aromatic heterocycles. The molecule has 9 heteroatoms. The zero-order valence-corrected chi connectivity index (χ0v) is 14.8. The minimum absolute atomic E-state index is 0.0859. The van der Waals surface area contributed by atoms with Gasteiger partial charge >= 0.3 is 12.1 Å². The Morgan fingerprint density at radius 3 is 2.42 bits per heavy atom. The lowest BCUT2D eigenvalue weighted by molar-refractivity contribution is -0.174. The van der Waals surface area contributed by atoms with Crippen LogP contribution in [0, 0.1) is 0 Å². The van der Waals surface area contributed by atoms with Crippen LogP contribution in [0.3, 0.4) is 0 Å². The van der Waals surface area contributed by atoms with E-state index in [-0.39, 0.29) is 12.1 Å². The molecule has 9 nitrogen and oxygen atoms in total. The van der Waals surface area contributed by atoms with Crippen LogP contribution in [0.15, 0.2) is 5.10 Å². The number of nitrogens with one attached hydrogen (secondary N) is 1. The molecular formula is C15H26N4O5. The molecule has 0 radical (unpaired) electrons. The Bertz CT molecular complexity index is 538. The van der Waals surface area contributed by atoms with Crippen LogP contribution in [0.4, 0.5) is 9.59 Å². The van der Waals surface area contributed by atoms with E-state index in [1.54, 1.807) is 4.90 Å². The van der Waals surface area contributed by atoms with E-state index in [1.807, 2.05) is 20.8 Å². The lowest BCUT2D eigenvalue weighted by Crippen LogP contribution is -2.62. The van der Waals surface area contributed by atoms with Gasteiger partial charge in [0.1, 0.15) is 11.3 Å². The molecule has 0 aromatic rings. The van der Waals surface area contributed by atoms with Crippen molar-refractivity contribution in [1.29, 1.82) is 0 Å². The summed E-state index contributed by atoms with van der Waals surface area (Å²) in [6, 6.07) is -1.27. The smallest absolute Gasteiger partial charge is 0.411 e. The molecule has 3 N–H and O–H groups in total. The summed E-state index contributed by atoms with van der Waals surface area (Å²) in [5, 5.41) is 4.08. The summed E-state index contributed by atoms with van der Waals surface area (Å²) in [4.78, 5) is 25.3. The molecule has 0 spiro atoms. The number of amides is 3. The zero-order chi connectivity index (χ0) is 18.1. The molecule has 136 valence electrons. The van der Waals surface area contributed by atoms with Crippen LogP contribution >= 0.6 is 0 Å². The highest BCUT2D eigenvalue weighted by Gasteiger charge is 2.56. The standard InChI is InChI=1S/C15H26N4O5/c1-14(2,3)24-13(21)19-9-6-7-10(19)11(17-18-12(16)20)15(8-9,22-4)23-5/h9-10H,6-8H2,1-5H3,(H3,16,18,20)/b17-11-. The zero-order valence-electron chi connectivity index (χ0n) is 14.8. The lowest BCUT2D eigenvalue weighted by Gasteiger charge is -2.45. The van der Waals surface area contributed by atoms with Gasteiger partial charge in [0.15, 0.2) is 0 Å². The van der Waals surface area contributed by atoms with E-state index in [0.29, 0.717) is 18.6 Å². The summed E-state index contributed by atoms with van der Waals surface area (Å²) in [5.74, 6) is -1.10. The van der Waals surface area contributed by atoms with Crippen LogP contribution in [0.25, 0.3) is 0 Å². The molecule has 2 rings (SSSR count). The van der Waals surface area contributed by atoms with Crippen LogP contribution < -0.4 is 11.2 Å². The van der Waals surface area contributed by atoms with Gasteiger partial charge < -0.3 is 19.9 Å². The summed E-state index contributed by atoms with van der Waals surface area (Å²) in [6.45, 7) is 5.44. The summed E-state index contributed by atoms with van der Waals surface area (Å²) >= 11 is 0. The number of hydrogen-bond donors (Lipinski definition) is 2. The first-order valence-electron chi connectivity index (χ1n) is 7.88. The molecule has 0 saturated carbocycles. The maximum Gasteiger partial charge on any atom is 0.411 e. The molecule has 2 saturated heterocycles. The molecule has 2 fully saturated rings. The average molecular weight is 342 g/mol. The quantitative estimate of drug-likeness (QED) is 0.590. The van der Waals surface area contributed by atoms with Gasteiger partial charge in [-0.1, -0.05) is 0 Å². The van der Waals surface area contributed by atoms with Crippen LogP contribution in [-0.4, -0.2) is 60.4 Å². The number of carbonyl (C=O) groups excluding carboxylic acids is 2. The van der Waals surface area contributed by atoms with Crippen LogP contribution in [-0.2, 0) is 14.2 Å². The number of carbonyl (C=O) groups is 2. The number of hydrazone groups is 1. The van der Waals surface area contributed by atoms with E-state index in [2.05, 4.69) is 10.5 Å². The number of piperidine rings is 1. The Morgan fingerprint density at radius 1 is 1.29 bits per heavy atom. The molecule has 2 atom stereocenters. The van der Waals surface area contributed by atoms with E-state index < -0.39 is 23.5 Å². The van der Waals surface area contributed by atoms with Gasteiger partial charge in [-0.25, -0.2) is 15.0 Å². The number of urea groups is 1. The molecule has 2 bridgehead atoms. The summed E-state index contributed by atoms with van der Waals surface area (Å²) < 4.78 is 16.6. The highest BCUT2D eigenvalue weighted by molar-refractivity contribution is 6.00. The number of hydrogen-bond acceptors (Lipinski definition) is 6. The minimum Gasteiger partial charge on any atom is -0.444 e. The van der Waals surface area contributed by atoms with E-state index in [9.17, 15) is 9.59 Å². The van der Waals surface area contributed by atoms with Gasteiger partial charge in [0, 0.05) is 26.7 Å². The predicted molar refractivity (Wildman–Crippen MR) is 86.4 cm³/mol. The predicted octanol–water partition coefficient (Wildman–Crippen LogP) is 1.17. The molecule has 2 heterocycles. The highest BCUT2D eigenvalue weighted by atomic mass is 16.7. The van der Waals surface area contributed by atoms with Crippen molar-refractivity contribution in [2.45, 2.75) is 63.5 Å². The summed E-state index contributed by atoms with van der Waals surface area (Å²) in [5.41, 5.74) is 7.14. The van der Waals surface area contributed by atoms with Crippen molar-refractivity contribution >= 4 is 17.8 Å². The van der Waals surface area contributed by atoms with Gasteiger partial charge in [-0.3, -0.25) is 4.90 Å². The van der Waals surface area contributed by atoms with Crippen molar-refractivity contribution in [2.75, 3.05) is 14.2 Å². The second-order valence-electron chi connectivity index (χ2n) is 6.97. The van der Waals surface area contributed by atoms with Crippen molar-refractivity contribution in [3.63, 3.8) is 0 Å². The van der Waals surface area contributed by atoms with Crippen LogP contribution in [0.5, 0.6) is 0 Å². The summed E-state index contributed by atoms with van der Waals surface area (Å²) in [6.07, 6.45) is 1.43. The SMILES string of the molecule is COC1(OC)CC2CCC(/C1=N/NC(N)=O)N2C(=O)OC(C)(C)C. The van der Waals surface area contributed by atoms with E-state index in [0.717, 1.165) is 6.42 Å². The minimum atomic E-state index is -1.10. The molecule has 2 unspecified atom stereocenters. The Balaban J connectivity index is 2.35. The lowest BCUT2D eigenvalue weighted by atomic mass is 9.93. The normalized spacial score (nSPS) is 27.2. The first kappa shape index (κ1) is 18.5. The fourth-order valence-electron chi connectivity index (χ4n) is 3.35. The molecule has 0 aliphatic carbocycles. The second kappa shape index (κ2) is 6.56. The maximum absolute atomic E-state index is 12.6. The first-order valence-corrected chi connectivity index (χ1v) is 7.88. The van der Waals surface area contributed by atoms with Crippen molar-refractivity contribution < 1.29 is 23.8 Å². The van der Waals surface area contributed by atoms with E-state index >= 15 is 0 Å². The Hall–Kier alpha value is -1.87. The van der Waals surface area contributed by atoms with Crippen LogP contribution in [0.2, 0.25) is 0 Å². The third-order valence-electron chi connectivity index (χ3n) is 4.26. The molecule has 0 aromatic carbocycles.